The first-order valence-corrected chi connectivity index (χ1v) is 7.97. The molecular formula is C18H20N2S. The molecule has 0 aliphatic rings. The Hall–Kier alpha value is -2.00. The number of benzene rings is 2. The summed E-state index contributed by atoms with van der Waals surface area (Å²) in [5.74, 6) is 0. The molecule has 0 aliphatic carbocycles. The highest BCUT2D eigenvalue weighted by Gasteiger charge is 2.09. The molecule has 0 aliphatic heterocycles. The number of nitrogens with one attached hydrogen (secondary N) is 1. The minimum atomic E-state index is 0.313. The molecule has 1 unspecified atom stereocenters. The highest BCUT2D eigenvalue weighted by Crippen LogP contribution is 2.31. The lowest BCUT2D eigenvalue weighted by molar-refractivity contribution is 0.909. The monoisotopic (exact) mass is 296 g/mol. The molecular weight excluding hydrogens is 276 g/mol. The van der Waals surface area contributed by atoms with Crippen LogP contribution in [0.25, 0.3) is 10.1 Å². The molecule has 1 N–H and O–H groups in total. The van der Waals surface area contributed by atoms with E-state index < -0.39 is 0 Å². The standard InChI is InChI=1S/C18H20N2S/c1-13(18-12-14-6-4-5-7-17(14)21-18)19-15-8-10-16(11-9-15)20(2)3/h4-13,19H,1-3H3. The van der Waals surface area contributed by atoms with Gasteiger partial charge in [0, 0.05) is 35.0 Å². The molecule has 108 valence electrons. The quantitative estimate of drug-likeness (QED) is 0.717. The Morgan fingerprint density at radius 3 is 2.38 bits per heavy atom. The van der Waals surface area contributed by atoms with Crippen molar-refractivity contribution in [1.29, 1.82) is 0 Å². The van der Waals surface area contributed by atoms with E-state index in [4.69, 9.17) is 0 Å². The van der Waals surface area contributed by atoms with Crippen LogP contribution in [0.4, 0.5) is 11.4 Å². The molecule has 2 aromatic carbocycles. The Bertz CT molecular complexity index is 695. The van der Waals surface area contributed by atoms with Crippen LogP contribution in [0.1, 0.15) is 17.8 Å². The molecule has 0 amide bonds. The number of thiophene rings is 1. The smallest absolute Gasteiger partial charge is 0.0578 e. The third-order valence-electron chi connectivity index (χ3n) is 3.64. The van der Waals surface area contributed by atoms with Crippen LogP contribution in [0.15, 0.2) is 54.6 Å². The minimum absolute atomic E-state index is 0.313. The van der Waals surface area contributed by atoms with E-state index in [2.05, 4.69) is 85.8 Å². The van der Waals surface area contributed by atoms with E-state index in [1.807, 2.05) is 11.3 Å². The normalized spacial score (nSPS) is 12.3. The zero-order valence-electron chi connectivity index (χ0n) is 12.6. The maximum Gasteiger partial charge on any atom is 0.0578 e. The molecule has 0 spiro atoms. The van der Waals surface area contributed by atoms with Crippen LogP contribution in [0.2, 0.25) is 0 Å². The van der Waals surface area contributed by atoms with Crippen LogP contribution in [0.5, 0.6) is 0 Å². The molecule has 21 heavy (non-hydrogen) atoms. The summed E-state index contributed by atoms with van der Waals surface area (Å²) in [4.78, 5) is 3.48. The van der Waals surface area contributed by atoms with Crippen LogP contribution in [-0.4, -0.2) is 14.1 Å². The highest BCUT2D eigenvalue weighted by atomic mass is 32.1. The van der Waals surface area contributed by atoms with Gasteiger partial charge in [0.1, 0.15) is 0 Å². The second-order valence-corrected chi connectivity index (χ2v) is 6.61. The lowest BCUT2D eigenvalue weighted by Gasteiger charge is -2.16. The highest BCUT2D eigenvalue weighted by molar-refractivity contribution is 7.19. The fraction of sp³-hybridized carbons (Fsp3) is 0.222. The van der Waals surface area contributed by atoms with E-state index in [0.717, 1.165) is 5.69 Å². The zero-order chi connectivity index (χ0) is 14.8. The largest absolute Gasteiger partial charge is 0.378 e. The number of fused-ring (bicyclic) bond motifs is 1. The number of hydrogen-bond donors (Lipinski definition) is 1. The van der Waals surface area contributed by atoms with Gasteiger partial charge in [-0.1, -0.05) is 18.2 Å². The first-order chi connectivity index (χ1) is 10.1. The van der Waals surface area contributed by atoms with Gasteiger partial charge in [0.2, 0.25) is 0 Å². The maximum atomic E-state index is 3.58. The Morgan fingerprint density at radius 1 is 1.00 bits per heavy atom. The summed E-state index contributed by atoms with van der Waals surface area (Å²) < 4.78 is 1.35. The third-order valence-corrected chi connectivity index (χ3v) is 4.94. The lowest BCUT2D eigenvalue weighted by atomic mass is 10.2. The molecule has 0 radical (unpaired) electrons. The predicted molar refractivity (Wildman–Crippen MR) is 94.6 cm³/mol. The Kier molecular flexibility index (Phi) is 3.84. The van der Waals surface area contributed by atoms with E-state index in [1.54, 1.807) is 0 Å². The lowest BCUT2D eigenvalue weighted by Crippen LogP contribution is -2.09. The Balaban J connectivity index is 1.77. The van der Waals surface area contributed by atoms with E-state index in [-0.39, 0.29) is 0 Å². The molecule has 0 fully saturated rings. The van der Waals surface area contributed by atoms with E-state index in [9.17, 15) is 0 Å². The minimum Gasteiger partial charge on any atom is -0.378 e. The average Bonchev–Trinajstić information content (AvgIpc) is 2.92. The van der Waals surface area contributed by atoms with Gasteiger partial charge >= 0.3 is 0 Å². The van der Waals surface area contributed by atoms with Gasteiger partial charge in [0.05, 0.1) is 6.04 Å². The van der Waals surface area contributed by atoms with Gasteiger partial charge in [-0.25, -0.2) is 0 Å². The van der Waals surface area contributed by atoms with Gasteiger partial charge in [0.15, 0.2) is 0 Å². The molecule has 1 atom stereocenters. The second-order valence-electron chi connectivity index (χ2n) is 5.49. The molecule has 0 saturated carbocycles. The van der Waals surface area contributed by atoms with Crippen LogP contribution in [-0.2, 0) is 0 Å². The van der Waals surface area contributed by atoms with Gasteiger partial charge in [-0.05, 0) is 48.7 Å². The number of hydrogen-bond acceptors (Lipinski definition) is 3. The van der Waals surface area contributed by atoms with Gasteiger partial charge in [0.25, 0.3) is 0 Å². The Labute approximate surface area is 130 Å². The average molecular weight is 296 g/mol. The predicted octanol–water partition coefficient (Wildman–Crippen LogP) is 5.14. The number of nitrogens with zero attached hydrogens (tertiary/aromatic N) is 1. The van der Waals surface area contributed by atoms with Crippen molar-refractivity contribution in [2.75, 3.05) is 24.3 Å². The fourth-order valence-corrected chi connectivity index (χ4v) is 3.46. The summed E-state index contributed by atoms with van der Waals surface area (Å²) in [6.45, 7) is 2.21. The fourth-order valence-electron chi connectivity index (χ4n) is 2.39. The molecule has 3 aromatic rings. The van der Waals surface area contributed by atoms with Crippen molar-refractivity contribution < 1.29 is 0 Å². The zero-order valence-corrected chi connectivity index (χ0v) is 13.4. The summed E-state index contributed by atoms with van der Waals surface area (Å²) in [6.07, 6.45) is 0. The van der Waals surface area contributed by atoms with E-state index >= 15 is 0 Å². The summed E-state index contributed by atoms with van der Waals surface area (Å²) in [6, 6.07) is 19.7. The van der Waals surface area contributed by atoms with Crippen molar-refractivity contribution >= 4 is 32.8 Å². The van der Waals surface area contributed by atoms with Crippen molar-refractivity contribution in [3.05, 3.63) is 59.5 Å². The molecule has 0 bridgehead atoms. The van der Waals surface area contributed by atoms with E-state index in [0.29, 0.717) is 6.04 Å². The molecule has 1 aromatic heterocycles. The van der Waals surface area contributed by atoms with Gasteiger partial charge in [-0.3, -0.25) is 0 Å². The van der Waals surface area contributed by atoms with Gasteiger partial charge in [-0.15, -0.1) is 11.3 Å². The number of anilines is 2. The number of rotatable bonds is 4. The summed E-state index contributed by atoms with van der Waals surface area (Å²) in [5.41, 5.74) is 2.38. The van der Waals surface area contributed by atoms with Crippen LogP contribution in [0.3, 0.4) is 0 Å². The molecule has 1 heterocycles. The van der Waals surface area contributed by atoms with Crippen LogP contribution in [0, 0.1) is 0 Å². The third kappa shape index (κ3) is 3.03. The summed E-state index contributed by atoms with van der Waals surface area (Å²) >= 11 is 1.86. The van der Waals surface area contributed by atoms with Gasteiger partial charge in [-0.2, -0.15) is 0 Å². The molecule has 2 nitrogen and oxygen atoms in total. The topological polar surface area (TPSA) is 15.3 Å². The van der Waals surface area contributed by atoms with Crippen LogP contribution >= 0.6 is 11.3 Å². The molecule has 0 saturated heterocycles. The molecule has 3 heteroatoms. The second kappa shape index (κ2) is 5.78. The van der Waals surface area contributed by atoms with Crippen molar-refractivity contribution in [3.63, 3.8) is 0 Å². The van der Waals surface area contributed by atoms with Crippen LogP contribution < -0.4 is 10.2 Å². The molecule has 3 rings (SSSR count). The SMILES string of the molecule is CC(Nc1ccc(N(C)C)cc1)c1cc2ccccc2s1. The first-order valence-electron chi connectivity index (χ1n) is 7.16. The summed E-state index contributed by atoms with van der Waals surface area (Å²) in [7, 11) is 4.12. The van der Waals surface area contributed by atoms with Gasteiger partial charge < -0.3 is 10.2 Å². The Morgan fingerprint density at radius 2 is 1.71 bits per heavy atom. The van der Waals surface area contributed by atoms with Crippen molar-refractivity contribution in [3.8, 4) is 0 Å². The van der Waals surface area contributed by atoms with Crippen molar-refractivity contribution in [2.45, 2.75) is 13.0 Å². The summed E-state index contributed by atoms with van der Waals surface area (Å²) in [5, 5.41) is 4.91. The van der Waals surface area contributed by atoms with Crippen molar-refractivity contribution in [1.82, 2.24) is 0 Å². The first kappa shape index (κ1) is 14.0. The van der Waals surface area contributed by atoms with Crippen molar-refractivity contribution in [2.24, 2.45) is 0 Å². The maximum absolute atomic E-state index is 3.58. The van der Waals surface area contributed by atoms with E-state index in [1.165, 1.54) is 20.7 Å².